The van der Waals surface area contributed by atoms with Gasteiger partial charge in [0, 0.05) is 18.8 Å². The van der Waals surface area contributed by atoms with Crippen LogP contribution in [-0.2, 0) is 0 Å². The number of anilines is 1. The second kappa shape index (κ2) is 3.46. The Bertz CT molecular complexity index is 336. The van der Waals surface area contributed by atoms with Crippen molar-refractivity contribution in [3.05, 3.63) is 29.8 Å². The number of benzene rings is 1. The Morgan fingerprint density at radius 3 is 2.92 bits per heavy atom. The van der Waals surface area contributed by atoms with E-state index in [0.717, 1.165) is 18.8 Å². The van der Waals surface area contributed by atoms with Crippen LogP contribution in [0.2, 0.25) is 0 Å². The van der Waals surface area contributed by atoms with Gasteiger partial charge in [-0.15, -0.1) is 0 Å². The molecule has 1 aliphatic rings. The monoisotopic (exact) mass is 173 g/mol. The van der Waals surface area contributed by atoms with Crippen LogP contribution >= 0.6 is 0 Å². The average molecular weight is 173 g/mol. The largest absolute Gasteiger partial charge is 0.380 e. The van der Waals surface area contributed by atoms with Crippen molar-refractivity contribution in [1.29, 1.82) is 5.26 Å². The molecule has 0 bridgehead atoms. The van der Waals surface area contributed by atoms with Crippen LogP contribution in [0.1, 0.15) is 5.56 Å². The molecule has 0 radical (unpaired) electrons. The summed E-state index contributed by atoms with van der Waals surface area (Å²) >= 11 is 0. The lowest BCUT2D eigenvalue weighted by Gasteiger charge is -2.28. The normalized spacial score (nSPS) is 15.9. The second-order valence-corrected chi connectivity index (χ2v) is 3.19. The minimum atomic E-state index is 0.522. The number of hydrogen-bond donors (Lipinski definition) is 2. The highest BCUT2D eigenvalue weighted by Gasteiger charge is 2.15. The first-order valence-electron chi connectivity index (χ1n) is 4.36. The highest BCUT2D eigenvalue weighted by Crippen LogP contribution is 2.12. The summed E-state index contributed by atoms with van der Waals surface area (Å²) in [6.07, 6.45) is 0. The van der Waals surface area contributed by atoms with Crippen molar-refractivity contribution in [3.63, 3.8) is 0 Å². The van der Waals surface area contributed by atoms with Gasteiger partial charge in [0.15, 0.2) is 0 Å². The van der Waals surface area contributed by atoms with Gasteiger partial charge in [0.05, 0.1) is 17.7 Å². The third-order valence-corrected chi connectivity index (χ3v) is 2.14. The van der Waals surface area contributed by atoms with E-state index in [2.05, 4.69) is 16.7 Å². The maximum Gasteiger partial charge on any atom is 0.0992 e. The van der Waals surface area contributed by atoms with Crippen molar-refractivity contribution in [1.82, 2.24) is 5.32 Å². The van der Waals surface area contributed by atoms with Crippen molar-refractivity contribution in [2.24, 2.45) is 0 Å². The Labute approximate surface area is 77.4 Å². The topological polar surface area (TPSA) is 47.9 Å². The molecule has 13 heavy (non-hydrogen) atoms. The minimum absolute atomic E-state index is 0.522. The number of hydrogen-bond acceptors (Lipinski definition) is 3. The predicted molar refractivity (Wildman–Crippen MR) is 51.4 cm³/mol. The van der Waals surface area contributed by atoms with Crippen molar-refractivity contribution in [3.8, 4) is 6.07 Å². The SMILES string of the molecule is N#Cc1cccc(NC2CNC2)c1. The van der Waals surface area contributed by atoms with Crippen LogP contribution in [0.15, 0.2) is 24.3 Å². The summed E-state index contributed by atoms with van der Waals surface area (Å²) in [5.41, 5.74) is 1.74. The Kier molecular flexibility index (Phi) is 2.15. The number of rotatable bonds is 2. The fraction of sp³-hybridized carbons (Fsp3) is 0.300. The molecule has 1 heterocycles. The molecule has 0 amide bonds. The first-order chi connectivity index (χ1) is 6.38. The molecular formula is C10H11N3. The molecule has 1 aliphatic heterocycles. The molecule has 1 fully saturated rings. The molecule has 1 saturated heterocycles. The molecule has 0 aromatic heterocycles. The molecule has 2 rings (SSSR count). The van der Waals surface area contributed by atoms with Crippen molar-refractivity contribution in [2.45, 2.75) is 6.04 Å². The van der Waals surface area contributed by atoms with Crippen molar-refractivity contribution >= 4 is 5.69 Å². The van der Waals surface area contributed by atoms with E-state index in [0.29, 0.717) is 11.6 Å². The first-order valence-corrected chi connectivity index (χ1v) is 4.36. The van der Waals surface area contributed by atoms with Crippen molar-refractivity contribution < 1.29 is 0 Å². The van der Waals surface area contributed by atoms with Crippen LogP contribution in [0.5, 0.6) is 0 Å². The van der Waals surface area contributed by atoms with Gasteiger partial charge in [-0.2, -0.15) is 5.26 Å². The van der Waals surface area contributed by atoms with E-state index in [1.54, 1.807) is 0 Å². The number of nitrogens with zero attached hydrogens (tertiary/aromatic N) is 1. The molecule has 1 aromatic carbocycles. The zero-order chi connectivity index (χ0) is 9.10. The highest BCUT2D eigenvalue weighted by atomic mass is 15.1. The molecule has 1 aromatic rings. The van der Waals surface area contributed by atoms with Crippen molar-refractivity contribution in [2.75, 3.05) is 18.4 Å². The van der Waals surface area contributed by atoms with E-state index in [4.69, 9.17) is 5.26 Å². The van der Waals surface area contributed by atoms with Crippen LogP contribution in [0.25, 0.3) is 0 Å². The Morgan fingerprint density at radius 2 is 2.31 bits per heavy atom. The average Bonchev–Trinajstić information content (AvgIpc) is 2.12. The molecular weight excluding hydrogens is 162 g/mol. The van der Waals surface area contributed by atoms with E-state index < -0.39 is 0 Å². The molecule has 3 heteroatoms. The third-order valence-electron chi connectivity index (χ3n) is 2.14. The molecule has 0 saturated carbocycles. The predicted octanol–water partition coefficient (Wildman–Crippen LogP) is 0.942. The Morgan fingerprint density at radius 1 is 1.46 bits per heavy atom. The summed E-state index contributed by atoms with van der Waals surface area (Å²) in [6, 6.07) is 10.2. The van der Waals surface area contributed by atoms with Gasteiger partial charge < -0.3 is 10.6 Å². The summed E-state index contributed by atoms with van der Waals surface area (Å²) in [6.45, 7) is 2.02. The summed E-state index contributed by atoms with van der Waals surface area (Å²) in [4.78, 5) is 0. The van der Waals surface area contributed by atoms with E-state index >= 15 is 0 Å². The van der Waals surface area contributed by atoms with Crippen LogP contribution in [-0.4, -0.2) is 19.1 Å². The van der Waals surface area contributed by atoms with Gasteiger partial charge >= 0.3 is 0 Å². The third kappa shape index (κ3) is 1.79. The van der Waals surface area contributed by atoms with E-state index in [9.17, 15) is 0 Å². The molecule has 0 aliphatic carbocycles. The fourth-order valence-electron chi connectivity index (χ4n) is 1.30. The Balaban J connectivity index is 2.07. The van der Waals surface area contributed by atoms with Crippen LogP contribution in [0, 0.1) is 11.3 Å². The highest BCUT2D eigenvalue weighted by molar-refractivity contribution is 5.50. The van der Waals surface area contributed by atoms with Gasteiger partial charge in [0.2, 0.25) is 0 Å². The quantitative estimate of drug-likeness (QED) is 0.699. The molecule has 66 valence electrons. The summed E-state index contributed by atoms with van der Waals surface area (Å²) in [5.74, 6) is 0. The number of nitriles is 1. The minimum Gasteiger partial charge on any atom is -0.380 e. The first kappa shape index (κ1) is 8.09. The maximum absolute atomic E-state index is 8.68. The lowest BCUT2D eigenvalue weighted by molar-refractivity contribution is 0.472. The molecule has 0 unspecified atom stereocenters. The van der Waals surface area contributed by atoms with Gasteiger partial charge in [-0.05, 0) is 18.2 Å². The maximum atomic E-state index is 8.68. The van der Waals surface area contributed by atoms with E-state index in [-0.39, 0.29) is 0 Å². The van der Waals surface area contributed by atoms with Crippen LogP contribution in [0.3, 0.4) is 0 Å². The summed E-state index contributed by atoms with van der Waals surface area (Å²) in [7, 11) is 0. The smallest absolute Gasteiger partial charge is 0.0992 e. The van der Waals surface area contributed by atoms with Crippen LogP contribution in [0.4, 0.5) is 5.69 Å². The summed E-state index contributed by atoms with van der Waals surface area (Å²) < 4.78 is 0. The zero-order valence-electron chi connectivity index (χ0n) is 7.25. The molecule has 0 atom stereocenters. The Hall–Kier alpha value is -1.53. The van der Waals surface area contributed by atoms with E-state index in [1.807, 2.05) is 24.3 Å². The van der Waals surface area contributed by atoms with Gasteiger partial charge in [0.1, 0.15) is 0 Å². The molecule has 2 N–H and O–H groups in total. The van der Waals surface area contributed by atoms with Gasteiger partial charge in [-0.1, -0.05) is 6.07 Å². The lowest BCUT2D eigenvalue weighted by Crippen LogP contribution is -2.51. The standard InChI is InChI=1S/C10H11N3/c11-5-8-2-1-3-9(4-8)13-10-6-12-7-10/h1-4,10,12-13H,6-7H2. The van der Waals surface area contributed by atoms with Crippen LogP contribution < -0.4 is 10.6 Å². The molecule has 3 nitrogen and oxygen atoms in total. The molecule has 0 spiro atoms. The van der Waals surface area contributed by atoms with Gasteiger partial charge in [0.25, 0.3) is 0 Å². The van der Waals surface area contributed by atoms with Gasteiger partial charge in [-0.25, -0.2) is 0 Å². The fourth-order valence-corrected chi connectivity index (χ4v) is 1.30. The van der Waals surface area contributed by atoms with E-state index in [1.165, 1.54) is 0 Å². The summed E-state index contributed by atoms with van der Waals surface area (Å²) in [5, 5.41) is 15.2. The van der Waals surface area contributed by atoms with Gasteiger partial charge in [-0.3, -0.25) is 0 Å². The zero-order valence-corrected chi connectivity index (χ0v) is 7.25. The lowest BCUT2D eigenvalue weighted by atomic mass is 10.1. The number of nitrogens with one attached hydrogen (secondary N) is 2. The second-order valence-electron chi connectivity index (χ2n) is 3.19.